The number of carbonyl (C=O) groups is 2. The lowest BCUT2D eigenvalue weighted by atomic mass is 10.3. The van der Waals surface area contributed by atoms with Crippen LogP contribution in [0.15, 0.2) is 53.7 Å². The Morgan fingerprint density at radius 1 is 0.966 bits per heavy atom. The highest BCUT2D eigenvalue weighted by molar-refractivity contribution is 7.99. The number of aromatic nitrogens is 3. The highest BCUT2D eigenvalue weighted by atomic mass is 35.5. The van der Waals surface area contributed by atoms with Gasteiger partial charge in [-0.2, -0.15) is 0 Å². The van der Waals surface area contributed by atoms with Crippen LogP contribution in [0.4, 0.5) is 11.4 Å². The first-order valence-corrected chi connectivity index (χ1v) is 10.3. The number of carbonyl (C=O) groups excluding carboxylic acids is 2. The molecule has 150 valence electrons. The maximum atomic E-state index is 12.2. The molecule has 0 spiro atoms. The standard InChI is InChI=1S/C19H17Cl2N5O2S/c1-26-16(10-17(27)22-12-5-3-2-4-6-12)24-25-19(26)29-11-18(28)23-13-7-8-14(20)15(21)9-13/h2-9H,10-11H2,1H3,(H,22,27)(H,23,28). The Bertz CT molecular complexity index is 1030. The number of halogens is 2. The predicted octanol–water partition coefficient (Wildman–Crippen LogP) is 4.03. The second-order valence-corrected chi connectivity index (χ2v) is 7.77. The summed E-state index contributed by atoms with van der Waals surface area (Å²) < 4.78 is 1.70. The van der Waals surface area contributed by atoms with Gasteiger partial charge >= 0.3 is 0 Å². The van der Waals surface area contributed by atoms with Crippen LogP contribution in [0.2, 0.25) is 10.0 Å². The van der Waals surface area contributed by atoms with Gasteiger partial charge in [-0.15, -0.1) is 10.2 Å². The van der Waals surface area contributed by atoms with Crippen LogP contribution in [0.3, 0.4) is 0 Å². The Morgan fingerprint density at radius 2 is 1.69 bits per heavy atom. The van der Waals surface area contributed by atoms with Gasteiger partial charge in [0.25, 0.3) is 0 Å². The molecule has 1 heterocycles. The van der Waals surface area contributed by atoms with Crippen LogP contribution in [0.5, 0.6) is 0 Å². The molecule has 1 aromatic heterocycles. The molecule has 2 N–H and O–H groups in total. The summed E-state index contributed by atoms with van der Waals surface area (Å²) >= 11 is 13.0. The molecule has 3 rings (SSSR count). The van der Waals surface area contributed by atoms with E-state index in [1.54, 1.807) is 29.8 Å². The highest BCUT2D eigenvalue weighted by Gasteiger charge is 2.15. The van der Waals surface area contributed by atoms with Crippen LogP contribution in [0.1, 0.15) is 5.82 Å². The van der Waals surface area contributed by atoms with E-state index >= 15 is 0 Å². The van der Waals surface area contributed by atoms with Crippen molar-refractivity contribution in [1.29, 1.82) is 0 Å². The molecule has 0 saturated carbocycles. The minimum absolute atomic E-state index is 0.0778. The molecule has 0 aliphatic rings. The molecule has 0 atom stereocenters. The average molecular weight is 450 g/mol. The number of nitrogens with zero attached hydrogens (tertiary/aromatic N) is 3. The summed E-state index contributed by atoms with van der Waals surface area (Å²) in [5, 5.41) is 15.0. The Balaban J connectivity index is 1.53. The monoisotopic (exact) mass is 449 g/mol. The zero-order valence-electron chi connectivity index (χ0n) is 15.4. The summed E-state index contributed by atoms with van der Waals surface area (Å²) in [5.74, 6) is 0.216. The zero-order valence-corrected chi connectivity index (χ0v) is 17.7. The van der Waals surface area contributed by atoms with Crippen molar-refractivity contribution in [2.45, 2.75) is 11.6 Å². The second kappa shape index (κ2) is 9.78. The molecule has 3 aromatic rings. The largest absolute Gasteiger partial charge is 0.326 e. The fourth-order valence-corrected chi connectivity index (χ4v) is 3.42. The molecule has 0 radical (unpaired) electrons. The summed E-state index contributed by atoms with van der Waals surface area (Å²) in [6, 6.07) is 14.0. The molecule has 0 saturated heterocycles. The molecule has 29 heavy (non-hydrogen) atoms. The van der Waals surface area contributed by atoms with Crippen molar-refractivity contribution in [2.75, 3.05) is 16.4 Å². The second-order valence-electron chi connectivity index (χ2n) is 6.01. The lowest BCUT2D eigenvalue weighted by Gasteiger charge is -2.07. The highest BCUT2D eigenvalue weighted by Crippen LogP contribution is 2.25. The van der Waals surface area contributed by atoms with Gasteiger partial charge in [0.15, 0.2) is 5.16 Å². The predicted molar refractivity (Wildman–Crippen MR) is 116 cm³/mol. The van der Waals surface area contributed by atoms with E-state index in [0.29, 0.717) is 32.4 Å². The number of amides is 2. The van der Waals surface area contributed by atoms with Gasteiger partial charge in [0, 0.05) is 18.4 Å². The van der Waals surface area contributed by atoms with Gasteiger partial charge in [0.1, 0.15) is 5.82 Å². The molecule has 0 aliphatic carbocycles. The van der Waals surface area contributed by atoms with Crippen molar-refractivity contribution < 1.29 is 9.59 Å². The molecule has 0 aliphatic heterocycles. The number of hydrogen-bond acceptors (Lipinski definition) is 5. The van der Waals surface area contributed by atoms with Crippen molar-refractivity contribution in [3.8, 4) is 0 Å². The summed E-state index contributed by atoms with van der Waals surface area (Å²) in [7, 11) is 1.75. The Labute approximate surface area is 181 Å². The molecule has 2 amide bonds. The van der Waals surface area contributed by atoms with Crippen LogP contribution >= 0.6 is 35.0 Å². The minimum Gasteiger partial charge on any atom is -0.326 e. The number of anilines is 2. The van der Waals surface area contributed by atoms with E-state index in [-0.39, 0.29) is 24.0 Å². The van der Waals surface area contributed by atoms with E-state index in [4.69, 9.17) is 23.2 Å². The molecule has 10 heteroatoms. The number of rotatable bonds is 7. The summed E-state index contributed by atoms with van der Waals surface area (Å²) in [5.41, 5.74) is 1.27. The zero-order chi connectivity index (χ0) is 20.8. The van der Waals surface area contributed by atoms with E-state index < -0.39 is 0 Å². The van der Waals surface area contributed by atoms with Crippen LogP contribution in [-0.4, -0.2) is 32.3 Å². The molecular formula is C19H17Cl2N5O2S. The third-order valence-electron chi connectivity index (χ3n) is 3.84. The van der Waals surface area contributed by atoms with E-state index in [2.05, 4.69) is 20.8 Å². The third kappa shape index (κ3) is 5.96. The van der Waals surface area contributed by atoms with Gasteiger partial charge in [0.2, 0.25) is 11.8 Å². The van der Waals surface area contributed by atoms with Gasteiger partial charge in [-0.3, -0.25) is 9.59 Å². The molecule has 7 nitrogen and oxygen atoms in total. The van der Waals surface area contributed by atoms with Crippen LogP contribution in [0.25, 0.3) is 0 Å². The Morgan fingerprint density at radius 3 is 2.41 bits per heavy atom. The van der Waals surface area contributed by atoms with Crippen LogP contribution < -0.4 is 10.6 Å². The third-order valence-corrected chi connectivity index (χ3v) is 5.60. The molecule has 2 aromatic carbocycles. The van der Waals surface area contributed by atoms with Gasteiger partial charge in [0.05, 0.1) is 22.2 Å². The first kappa shape index (κ1) is 21.2. The molecule has 0 unspecified atom stereocenters. The van der Waals surface area contributed by atoms with Gasteiger partial charge in [-0.1, -0.05) is 53.2 Å². The van der Waals surface area contributed by atoms with Crippen molar-refractivity contribution in [3.63, 3.8) is 0 Å². The topological polar surface area (TPSA) is 88.9 Å². The lowest BCUT2D eigenvalue weighted by Crippen LogP contribution is -2.17. The lowest BCUT2D eigenvalue weighted by molar-refractivity contribution is -0.116. The normalized spacial score (nSPS) is 10.6. The summed E-state index contributed by atoms with van der Waals surface area (Å²) in [6.07, 6.45) is 0.0778. The van der Waals surface area contributed by atoms with Gasteiger partial charge in [-0.25, -0.2) is 0 Å². The van der Waals surface area contributed by atoms with Gasteiger partial charge < -0.3 is 15.2 Å². The van der Waals surface area contributed by atoms with E-state index in [0.717, 1.165) is 0 Å². The maximum Gasteiger partial charge on any atom is 0.234 e. The number of thioether (sulfide) groups is 1. The van der Waals surface area contributed by atoms with Crippen LogP contribution in [-0.2, 0) is 23.1 Å². The van der Waals surface area contributed by atoms with Crippen molar-refractivity contribution in [3.05, 3.63) is 64.4 Å². The van der Waals surface area contributed by atoms with E-state index in [1.807, 2.05) is 30.3 Å². The average Bonchev–Trinajstić information content (AvgIpc) is 3.03. The number of benzene rings is 2. The fourth-order valence-electron chi connectivity index (χ4n) is 2.40. The molecular weight excluding hydrogens is 433 g/mol. The van der Waals surface area contributed by atoms with Gasteiger partial charge in [-0.05, 0) is 30.3 Å². The SMILES string of the molecule is Cn1c(CC(=O)Nc2ccccc2)nnc1SCC(=O)Nc1ccc(Cl)c(Cl)c1. The number of para-hydroxylation sites is 1. The molecule has 0 bridgehead atoms. The fraction of sp³-hybridized carbons (Fsp3) is 0.158. The van der Waals surface area contributed by atoms with E-state index in [9.17, 15) is 9.59 Å². The first-order chi connectivity index (χ1) is 13.9. The molecule has 0 fully saturated rings. The number of hydrogen-bond donors (Lipinski definition) is 2. The number of nitrogens with one attached hydrogen (secondary N) is 2. The summed E-state index contributed by atoms with van der Waals surface area (Å²) in [6.45, 7) is 0. The van der Waals surface area contributed by atoms with Crippen LogP contribution in [0, 0.1) is 0 Å². The Kier molecular flexibility index (Phi) is 7.13. The minimum atomic E-state index is -0.222. The van der Waals surface area contributed by atoms with Crippen molar-refractivity contribution >= 4 is 58.2 Å². The van der Waals surface area contributed by atoms with Crippen molar-refractivity contribution in [1.82, 2.24) is 14.8 Å². The smallest absolute Gasteiger partial charge is 0.234 e. The first-order valence-electron chi connectivity index (χ1n) is 8.53. The quantitative estimate of drug-likeness (QED) is 0.531. The van der Waals surface area contributed by atoms with E-state index in [1.165, 1.54) is 11.8 Å². The van der Waals surface area contributed by atoms with Crippen molar-refractivity contribution in [2.24, 2.45) is 7.05 Å². The maximum absolute atomic E-state index is 12.2. The Hall–Kier alpha value is -2.55. The summed E-state index contributed by atoms with van der Waals surface area (Å²) in [4.78, 5) is 24.3.